The number of alkyl halides is 2. The average molecular weight is 122 g/mol. The van der Waals surface area contributed by atoms with E-state index in [-0.39, 0.29) is 12.9 Å². The van der Waals surface area contributed by atoms with Crippen molar-refractivity contribution in [2.75, 3.05) is 0 Å². The van der Waals surface area contributed by atoms with E-state index in [2.05, 4.69) is 4.74 Å². The number of carbonyl (C=O) groups excluding carboxylic acids is 1. The summed E-state index contributed by atoms with van der Waals surface area (Å²) in [7, 11) is 0. The zero-order valence-electron chi connectivity index (χ0n) is 3.93. The maximum absolute atomic E-state index is 12.1. The summed E-state index contributed by atoms with van der Waals surface area (Å²) in [4.78, 5) is 9.38. The molecule has 1 aliphatic rings. The maximum atomic E-state index is 12.1. The first kappa shape index (κ1) is 5.47. The van der Waals surface area contributed by atoms with Gasteiger partial charge in [-0.05, 0) is 0 Å². The van der Waals surface area contributed by atoms with Crippen LogP contribution in [-0.2, 0) is 9.53 Å². The summed E-state index contributed by atoms with van der Waals surface area (Å²) in [6, 6.07) is 0. The number of hydrogen-bond donors (Lipinski definition) is 0. The number of rotatable bonds is 2. The minimum Gasteiger partial charge on any atom is -0.427 e. The molecule has 0 aromatic rings. The molecule has 0 heterocycles. The van der Waals surface area contributed by atoms with Crippen LogP contribution in [-0.4, -0.2) is 18.5 Å². The molecule has 2 atom stereocenters. The molecular weight excluding hydrogens is 118 g/mol. The largest absolute Gasteiger partial charge is 0.427 e. The van der Waals surface area contributed by atoms with Crippen LogP contribution >= 0.6 is 0 Å². The Bertz CT molecular complexity index is 117. The lowest BCUT2D eigenvalue weighted by Crippen LogP contribution is -2.08. The third-order valence-corrected chi connectivity index (χ3v) is 1.01. The van der Waals surface area contributed by atoms with Gasteiger partial charge in [-0.2, -0.15) is 4.39 Å². The lowest BCUT2D eigenvalue weighted by molar-refractivity contribution is -0.148. The van der Waals surface area contributed by atoms with Crippen LogP contribution in [0.4, 0.5) is 8.78 Å². The quantitative estimate of drug-likeness (QED) is 0.500. The van der Waals surface area contributed by atoms with Gasteiger partial charge < -0.3 is 4.74 Å². The van der Waals surface area contributed by atoms with Crippen molar-refractivity contribution in [3.05, 3.63) is 0 Å². The summed E-state index contributed by atoms with van der Waals surface area (Å²) >= 11 is 0. The third-order valence-electron chi connectivity index (χ3n) is 1.01. The summed E-state index contributed by atoms with van der Waals surface area (Å²) in [5, 5.41) is 0. The Labute approximate surface area is 44.4 Å². The second-order valence-electron chi connectivity index (χ2n) is 1.67. The van der Waals surface area contributed by atoms with Crippen LogP contribution in [0.15, 0.2) is 0 Å². The molecule has 0 aliphatic heterocycles. The van der Waals surface area contributed by atoms with Crippen LogP contribution < -0.4 is 0 Å². The minimum atomic E-state index is -2.28. The van der Waals surface area contributed by atoms with Crippen molar-refractivity contribution in [1.82, 2.24) is 0 Å². The van der Waals surface area contributed by atoms with E-state index in [1.165, 1.54) is 0 Å². The minimum absolute atomic E-state index is 0.0838. The second-order valence-corrected chi connectivity index (χ2v) is 1.67. The standard InChI is InChI=1S/C4H4F2O2/c5-3-1-4(3,6)8-2-7/h2-3H,1H2. The molecule has 0 saturated heterocycles. The van der Waals surface area contributed by atoms with E-state index in [9.17, 15) is 13.6 Å². The highest BCUT2D eigenvalue weighted by Gasteiger charge is 2.60. The molecule has 46 valence electrons. The van der Waals surface area contributed by atoms with Gasteiger partial charge in [0.25, 0.3) is 12.3 Å². The molecule has 1 fully saturated rings. The van der Waals surface area contributed by atoms with Crippen LogP contribution in [0, 0.1) is 0 Å². The summed E-state index contributed by atoms with van der Waals surface area (Å²) in [6.45, 7) is -0.0838. The molecule has 0 aromatic carbocycles. The number of carbonyl (C=O) groups is 1. The van der Waals surface area contributed by atoms with E-state index in [4.69, 9.17) is 0 Å². The first-order valence-corrected chi connectivity index (χ1v) is 2.13. The van der Waals surface area contributed by atoms with Gasteiger partial charge in [-0.3, -0.25) is 4.79 Å². The molecule has 0 bridgehead atoms. The van der Waals surface area contributed by atoms with E-state index < -0.39 is 12.0 Å². The first-order chi connectivity index (χ1) is 3.69. The molecule has 2 nitrogen and oxygen atoms in total. The zero-order valence-corrected chi connectivity index (χ0v) is 3.93. The van der Waals surface area contributed by atoms with Gasteiger partial charge in [-0.15, -0.1) is 0 Å². The van der Waals surface area contributed by atoms with Crippen molar-refractivity contribution in [1.29, 1.82) is 0 Å². The predicted molar refractivity (Wildman–Crippen MR) is 20.5 cm³/mol. The van der Waals surface area contributed by atoms with Crippen LogP contribution in [0.3, 0.4) is 0 Å². The number of hydrogen-bond acceptors (Lipinski definition) is 2. The second kappa shape index (κ2) is 1.40. The maximum Gasteiger partial charge on any atom is 0.295 e. The topological polar surface area (TPSA) is 26.3 Å². The molecule has 1 aliphatic carbocycles. The Morgan fingerprint density at radius 2 is 2.38 bits per heavy atom. The predicted octanol–water partition coefficient (Wildman–Crippen LogP) is 0.567. The highest BCUT2D eigenvalue weighted by molar-refractivity contribution is 5.39. The molecule has 1 saturated carbocycles. The first-order valence-electron chi connectivity index (χ1n) is 2.13. The number of halogens is 2. The van der Waals surface area contributed by atoms with Gasteiger partial charge >= 0.3 is 0 Å². The van der Waals surface area contributed by atoms with Crippen LogP contribution in [0.25, 0.3) is 0 Å². The molecule has 0 radical (unpaired) electrons. The molecule has 1 rings (SSSR count). The summed E-state index contributed by atoms with van der Waals surface area (Å²) in [5.41, 5.74) is 0. The molecule has 0 amide bonds. The monoisotopic (exact) mass is 122 g/mol. The van der Waals surface area contributed by atoms with E-state index in [0.29, 0.717) is 0 Å². The molecule has 0 aromatic heterocycles. The van der Waals surface area contributed by atoms with E-state index in [0.717, 1.165) is 0 Å². The molecule has 8 heavy (non-hydrogen) atoms. The van der Waals surface area contributed by atoms with Crippen LogP contribution in [0.2, 0.25) is 0 Å². The molecule has 4 heteroatoms. The molecule has 2 unspecified atom stereocenters. The fourth-order valence-corrected chi connectivity index (χ4v) is 0.387. The normalized spacial score (nSPS) is 43.5. The average Bonchev–Trinajstić information content (AvgIpc) is 2.16. The smallest absolute Gasteiger partial charge is 0.295 e. The molecule has 0 spiro atoms. The third kappa shape index (κ3) is 0.657. The van der Waals surface area contributed by atoms with Gasteiger partial charge in [0.05, 0.1) is 6.42 Å². The van der Waals surface area contributed by atoms with Crippen LogP contribution in [0.1, 0.15) is 6.42 Å². The van der Waals surface area contributed by atoms with E-state index in [1.807, 2.05) is 0 Å². The fraction of sp³-hybridized carbons (Fsp3) is 0.750. The van der Waals surface area contributed by atoms with Gasteiger partial charge in [0.2, 0.25) is 0 Å². The Morgan fingerprint density at radius 1 is 1.88 bits per heavy atom. The highest BCUT2D eigenvalue weighted by atomic mass is 19.2. The van der Waals surface area contributed by atoms with E-state index >= 15 is 0 Å². The Kier molecular flexibility index (Phi) is 0.957. The van der Waals surface area contributed by atoms with Gasteiger partial charge in [-0.25, -0.2) is 4.39 Å². The summed E-state index contributed by atoms with van der Waals surface area (Å²) < 4.78 is 27.5. The summed E-state index contributed by atoms with van der Waals surface area (Å²) in [6.07, 6.45) is -1.92. The SMILES string of the molecule is O=COC1(F)CC1F. The van der Waals surface area contributed by atoms with Crippen molar-refractivity contribution in [3.8, 4) is 0 Å². The fourth-order valence-electron chi connectivity index (χ4n) is 0.387. The van der Waals surface area contributed by atoms with Crippen molar-refractivity contribution in [3.63, 3.8) is 0 Å². The molecular formula is C4H4F2O2. The number of ether oxygens (including phenoxy) is 1. The van der Waals surface area contributed by atoms with Gasteiger partial charge in [0.1, 0.15) is 0 Å². The van der Waals surface area contributed by atoms with E-state index in [1.54, 1.807) is 0 Å². The Balaban J connectivity index is 2.35. The van der Waals surface area contributed by atoms with Gasteiger partial charge in [0, 0.05) is 0 Å². The van der Waals surface area contributed by atoms with Crippen LogP contribution in [0.5, 0.6) is 0 Å². The lowest BCUT2D eigenvalue weighted by atomic mass is 10.7. The highest BCUT2D eigenvalue weighted by Crippen LogP contribution is 2.43. The zero-order chi connectivity index (χ0) is 6.20. The Hall–Kier alpha value is -0.670. The van der Waals surface area contributed by atoms with Crippen molar-refractivity contribution in [2.24, 2.45) is 0 Å². The van der Waals surface area contributed by atoms with Gasteiger partial charge in [-0.1, -0.05) is 0 Å². The molecule has 0 N–H and O–H groups in total. The van der Waals surface area contributed by atoms with Crippen molar-refractivity contribution in [2.45, 2.75) is 18.4 Å². The lowest BCUT2D eigenvalue weighted by Gasteiger charge is -1.97. The Morgan fingerprint density at radius 3 is 2.50 bits per heavy atom. The van der Waals surface area contributed by atoms with Gasteiger partial charge in [0.15, 0.2) is 6.17 Å². The summed E-state index contributed by atoms with van der Waals surface area (Å²) in [5.74, 6) is -2.28. The van der Waals surface area contributed by atoms with Crippen molar-refractivity contribution < 1.29 is 18.3 Å². The van der Waals surface area contributed by atoms with Crippen molar-refractivity contribution >= 4 is 6.47 Å².